The Morgan fingerprint density at radius 1 is 1.12 bits per heavy atom. The Labute approximate surface area is 101 Å². The van der Waals surface area contributed by atoms with E-state index in [4.69, 9.17) is 11.5 Å². The summed E-state index contributed by atoms with van der Waals surface area (Å²) in [6.07, 6.45) is 4.58. The van der Waals surface area contributed by atoms with Gasteiger partial charge in [-0.1, -0.05) is 6.07 Å². The molecule has 0 bridgehead atoms. The van der Waals surface area contributed by atoms with Crippen molar-refractivity contribution in [2.75, 3.05) is 23.3 Å². The van der Waals surface area contributed by atoms with E-state index in [9.17, 15) is 0 Å². The van der Waals surface area contributed by atoms with E-state index in [-0.39, 0.29) is 0 Å². The summed E-state index contributed by atoms with van der Waals surface area (Å²) in [5.41, 5.74) is 14.8. The highest BCUT2D eigenvalue weighted by Gasteiger charge is 1.97. The molecule has 4 heteroatoms. The molecule has 0 amide bonds. The number of nitrogen functional groups attached to an aromatic ring is 2. The monoisotopic (exact) mass is 228 g/mol. The molecule has 1 heterocycles. The molecule has 0 saturated carbocycles. The predicted molar refractivity (Wildman–Crippen MR) is 71.7 cm³/mol. The molecule has 0 aliphatic heterocycles. The molecule has 1 aromatic heterocycles. The van der Waals surface area contributed by atoms with Crippen molar-refractivity contribution in [3.05, 3.63) is 48.3 Å². The van der Waals surface area contributed by atoms with Crippen molar-refractivity contribution < 1.29 is 0 Å². The third-order valence-corrected chi connectivity index (χ3v) is 2.55. The van der Waals surface area contributed by atoms with Crippen LogP contribution in [0, 0.1) is 0 Å². The number of rotatable bonds is 4. The molecule has 1 aromatic carbocycles. The molecule has 0 radical (unpaired) electrons. The summed E-state index contributed by atoms with van der Waals surface area (Å²) < 4.78 is 0. The average molecular weight is 228 g/mol. The number of nitrogens with one attached hydrogen (secondary N) is 1. The maximum atomic E-state index is 5.73. The highest BCUT2D eigenvalue weighted by atomic mass is 14.9. The summed E-state index contributed by atoms with van der Waals surface area (Å²) in [7, 11) is 0. The lowest BCUT2D eigenvalue weighted by molar-refractivity contribution is 1.01. The summed E-state index contributed by atoms with van der Waals surface area (Å²) in [6.45, 7) is 0.842. The van der Waals surface area contributed by atoms with E-state index in [1.54, 1.807) is 6.20 Å². The molecule has 2 aromatic rings. The van der Waals surface area contributed by atoms with Gasteiger partial charge in [0.25, 0.3) is 0 Å². The fraction of sp³-hybridized carbons (Fsp3) is 0.154. The molecule has 0 unspecified atom stereocenters. The maximum Gasteiger partial charge on any atom is 0.0568 e. The molecular weight excluding hydrogens is 212 g/mol. The van der Waals surface area contributed by atoms with Gasteiger partial charge >= 0.3 is 0 Å². The normalized spacial score (nSPS) is 10.1. The minimum atomic E-state index is 0.608. The Morgan fingerprint density at radius 3 is 2.71 bits per heavy atom. The van der Waals surface area contributed by atoms with Crippen LogP contribution in [0.15, 0.2) is 42.7 Å². The molecule has 5 N–H and O–H groups in total. The zero-order chi connectivity index (χ0) is 12.1. The van der Waals surface area contributed by atoms with Crippen molar-refractivity contribution in [3.8, 4) is 0 Å². The van der Waals surface area contributed by atoms with Gasteiger partial charge in [-0.3, -0.25) is 4.98 Å². The quantitative estimate of drug-likeness (QED) is 0.698. The first-order chi connectivity index (χ1) is 8.25. The molecule has 0 aliphatic carbocycles. The maximum absolute atomic E-state index is 5.73. The Balaban J connectivity index is 1.88. The van der Waals surface area contributed by atoms with Gasteiger partial charge in [0.15, 0.2) is 0 Å². The van der Waals surface area contributed by atoms with Gasteiger partial charge in [0.1, 0.15) is 0 Å². The summed E-state index contributed by atoms with van der Waals surface area (Å²) in [5, 5.41) is 3.30. The van der Waals surface area contributed by atoms with E-state index < -0.39 is 0 Å². The SMILES string of the molecule is Nc1ccc(NCCc2cccnc2)cc1N. The lowest BCUT2D eigenvalue weighted by Gasteiger charge is -2.08. The van der Waals surface area contributed by atoms with Crippen LogP contribution in [0.4, 0.5) is 17.1 Å². The number of hydrogen-bond acceptors (Lipinski definition) is 4. The zero-order valence-corrected chi connectivity index (χ0v) is 9.56. The molecule has 0 aliphatic rings. The number of nitrogens with zero attached hydrogens (tertiary/aromatic N) is 1. The van der Waals surface area contributed by atoms with Gasteiger partial charge in [0.05, 0.1) is 11.4 Å². The number of anilines is 3. The summed E-state index contributed by atoms with van der Waals surface area (Å²) >= 11 is 0. The fourth-order valence-corrected chi connectivity index (χ4v) is 1.58. The Morgan fingerprint density at radius 2 is 2.00 bits per heavy atom. The first kappa shape index (κ1) is 11.3. The lowest BCUT2D eigenvalue weighted by Crippen LogP contribution is -2.05. The predicted octanol–water partition coefficient (Wildman–Crippen LogP) is 1.90. The summed E-state index contributed by atoms with van der Waals surface area (Å²) in [6, 6.07) is 9.58. The van der Waals surface area contributed by atoms with Crippen LogP contribution < -0.4 is 16.8 Å². The zero-order valence-electron chi connectivity index (χ0n) is 9.56. The number of aromatic nitrogens is 1. The first-order valence-corrected chi connectivity index (χ1v) is 5.53. The number of pyridine rings is 1. The second kappa shape index (κ2) is 5.21. The van der Waals surface area contributed by atoms with E-state index in [2.05, 4.69) is 16.4 Å². The average Bonchev–Trinajstić information content (AvgIpc) is 2.35. The number of nitrogens with two attached hydrogens (primary N) is 2. The molecule has 0 atom stereocenters. The third kappa shape index (κ3) is 3.11. The van der Waals surface area contributed by atoms with E-state index in [1.807, 2.05) is 30.5 Å². The van der Waals surface area contributed by atoms with Gasteiger partial charge in [-0.2, -0.15) is 0 Å². The lowest BCUT2D eigenvalue weighted by atomic mass is 10.2. The topological polar surface area (TPSA) is 77.0 Å². The van der Waals surface area contributed by atoms with Crippen LogP contribution in [0.2, 0.25) is 0 Å². The Kier molecular flexibility index (Phi) is 3.45. The van der Waals surface area contributed by atoms with Gasteiger partial charge < -0.3 is 16.8 Å². The second-order valence-corrected chi connectivity index (χ2v) is 3.88. The second-order valence-electron chi connectivity index (χ2n) is 3.88. The standard InChI is InChI=1S/C13H16N4/c14-12-4-3-11(8-13(12)15)17-7-5-10-2-1-6-16-9-10/h1-4,6,8-9,17H,5,7,14-15H2. The largest absolute Gasteiger partial charge is 0.397 e. The van der Waals surface area contributed by atoms with Crippen LogP contribution in [0.25, 0.3) is 0 Å². The van der Waals surface area contributed by atoms with Gasteiger partial charge in [-0.15, -0.1) is 0 Å². The van der Waals surface area contributed by atoms with E-state index in [0.29, 0.717) is 11.4 Å². The highest BCUT2D eigenvalue weighted by molar-refractivity contribution is 5.69. The molecular formula is C13H16N4. The van der Waals surface area contributed by atoms with Gasteiger partial charge in [0, 0.05) is 24.6 Å². The minimum Gasteiger partial charge on any atom is -0.397 e. The molecule has 0 spiro atoms. The van der Waals surface area contributed by atoms with Crippen LogP contribution in [0.3, 0.4) is 0 Å². The van der Waals surface area contributed by atoms with Crippen molar-refractivity contribution in [1.82, 2.24) is 4.98 Å². The van der Waals surface area contributed by atoms with E-state index in [0.717, 1.165) is 18.7 Å². The van der Waals surface area contributed by atoms with Crippen molar-refractivity contribution in [1.29, 1.82) is 0 Å². The molecule has 88 valence electrons. The van der Waals surface area contributed by atoms with Crippen molar-refractivity contribution in [3.63, 3.8) is 0 Å². The minimum absolute atomic E-state index is 0.608. The summed E-state index contributed by atoms with van der Waals surface area (Å²) in [4.78, 5) is 4.07. The molecule has 2 rings (SSSR count). The van der Waals surface area contributed by atoms with Gasteiger partial charge in [0.2, 0.25) is 0 Å². The van der Waals surface area contributed by atoms with Crippen LogP contribution in [-0.4, -0.2) is 11.5 Å². The number of hydrogen-bond donors (Lipinski definition) is 3. The smallest absolute Gasteiger partial charge is 0.0568 e. The molecule has 17 heavy (non-hydrogen) atoms. The van der Waals surface area contributed by atoms with Crippen molar-refractivity contribution >= 4 is 17.1 Å². The van der Waals surface area contributed by atoms with Crippen molar-refractivity contribution in [2.45, 2.75) is 6.42 Å². The Hall–Kier alpha value is -2.23. The van der Waals surface area contributed by atoms with Crippen molar-refractivity contribution in [2.24, 2.45) is 0 Å². The van der Waals surface area contributed by atoms with E-state index in [1.165, 1.54) is 5.56 Å². The van der Waals surface area contributed by atoms with Gasteiger partial charge in [-0.25, -0.2) is 0 Å². The highest BCUT2D eigenvalue weighted by Crippen LogP contribution is 2.19. The molecule has 0 fully saturated rings. The van der Waals surface area contributed by atoms with Crippen LogP contribution in [0.5, 0.6) is 0 Å². The molecule has 4 nitrogen and oxygen atoms in total. The fourth-order valence-electron chi connectivity index (χ4n) is 1.58. The van der Waals surface area contributed by atoms with Gasteiger partial charge in [-0.05, 0) is 36.2 Å². The third-order valence-electron chi connectivity index (χ3n) is 2.55. The first-order valence-electron chi connectivity index (χ1n) is 5.53. The van der Waals surface area contributed by atoms with Crippen LogP contribution in [-0.2, 0) is 6.42 Å². The number of benzene rings is 1. The Bertz CT molecular complexity index is 482. The van der Waals surface area contributed by atoms with Crippen LogP contribution >= 0.6 is 0 Å². The van der Waals surface area contributed by atoms with Crippen LogP contribution in [0.1, 0.15) is 5.56 Å². The van der Waals surface area contributed by atoms with E-state index >= 15 is 0 Å². The summed E-state index contributed by atoms with van der Waals surface area (Å²) in [5.74, 6) is 0. The molecule has 0 saturated heterocycles.